The number of hydrogen-bond donors (Lipinski definition) is 0. The first-order valence-electron chi connectivity index (χ1n) is 5.10. The molecule has 0 saturated carbocycles. The van der Waals surface area contributed by atoms with Gasteiger partial charge in [-0.2, -0.15) is 0 Å². The average molecular weight is 319 g/mol. The molecular weight excluding hydrogens is 308 g/mol. The molecule has 2 rings (SSSR count). The van der Waals surface area contributed by atoms with Crippen molar-refractivity contribution >= 4 is 27.5 Å². The smallest absolute Gasteiger partial charge is 0.166 e. The van der Waals surface area contributed by atoms with Crippen LogP contribution in [-0.4, -0.2) is 14.8 Å². The monoisotopic (exact) mass is 317 g/mol. The largest absolute Gasteiger partial charge is 0.310 e. The second-order valence-corrected chi connectivity index (χ2v) is 4.62. The fourth-order valence-corrected chi connectivity index (χ4v) is 2.17. The van der Waals surface area contributed by atoms with Gasteiger partial charge in [-0.15, -0.1) is 21.8 Å². The molecule has 0 aliphatic carbocycles. The van der Waals surface area contributed by atoms with Gasteiger partial charge in [0.15, 0.2) is 5.82 Å². The zero-order valence-electron chi connectivity index (χ0n) is 9.12. The van der Waals surface area contributed by atoms with E-state index in [1.165, 1.54) is 6.07 Å². The standard InChI is InChI=1S/C11H10BrClFN3/c1-2-17-10(6-13)15-16-11(17)8-4-3-7(12)5-9(8)14/h3-5H,2,6H2,1H3. The number of rotatable bonds is 3. The molecule has 0 saturated heterocycles. The normalized spacial score (nSPS) is 10.8. The summed E-state index contributed by atoms with van der Waals surface area (Å²) in [5.41, 5.74) is 0.430. The number of halogens is 3. The van der Waals surface area contributed by atoms with Gasteiger partial charge in [0.2, 0.25) is 0 Å². The third kappa shape index (κ3) is 2.35. The Balaban J connectivity index is 2.56. The first-order valence-corrected chi connectivity index (χ1v) is 6.43. The number of nitrogens with zero attached hydrogens (tertiary/aromatic N) is 3. The van der Waals surface area contributed by atoms with E-state index in [2.05, 4.69) is 26.1 Å². The van der Waals surface area contributed by atoms with E-state index in [-0.39, 0.29) is 11.7 Å². The van der Waals surface area contributed by atoms with Crippen LogP contribution in [0.25, 0.3) is 11.4 Å². The molecule has 0 aliphatic heterocycles. The van der Waals surface area contributed by atoms with Gasteiger partial charge >= 0.3 is 0 Å². The molecule has 0 atom stereocenters. The van der Waals surface area contributed by atoms with Gasteiger partial charge in [0.1, 0.15) is 11.6 Å². The Morgan fingerprint density at radius 2 is 2.18 bits per heavy atom. The topological polar surface area (TPSA) is 30.7 Å². The molecule has 0 bridgehead atoms. The number of alkyl halides is 1. The van der Waals surface area contributed by atoms with Crippen LogP contribution in [0.4, 0.5) is 4.39 Å². The average Bonchev–Trinajstić information content (AvgIpc) is 2.71. The van der Waals surface area contributed by atoms with E-state index >= 15 is 0 Å². The Bertz CT molecular complexity index is 542. The zero-order valence-corrected chi connectivity index (χ0v) is 11.5. The van der Waals surface area contributed by atoms with Gasteiger partial charge in [-0.05, 0) is 25.1 Å². The molecule has 2 aromatic rings. The Morgan fingerprint density at radius 3 is 2.76 bits per heavy atom. The van der Waals surface area contributed by atoms with Crippen LogP contribution in [0.3, 0.4) is 0 Å². The van der Waals surface area contributed by atoms with E-state index in [1.54, 1.807) is 16.7 Å². The van der Waals surface area contributed by atoms with Crippen LogP contribution in [0.15, 0.2) is 22.7 Å². The summed E-state index contributed by atoms with van der Waals surface area (Å²) in [6, 6.07) is 4.85. The third-order valence-electron chi connectivity index (χ3n) is 2.44. The summed E-state index contributed by atoms with van der Waals surface area (Å²) in [6.45, 7) is 2.60. The lowest BCUT2D eigenvalue weighted by Gasteiger charge is -2.07. The van der Waals surface area contributed by atoms with Gasteiger partial charge in [-0.1, -0.05) is 15.9 Å². The summed E-state index contributed by atoms with van der Waals surface area (Å²) in [6.07, 6.45) is 0. The molecule has 0 N–H and O–H groups in total. The van der Waals surface area contributed by atoms with Crippen molar-refractivity contribution < 1.29 is 4.39 Å². The van der Waals surface area contributed by atoms with Crippen LogP contribution >= 0.6 is 27.5 Å². The predicted molar refractivity (Wildman–Crippen MR) is 68.3 cm³/mol. The van der Waals surface area contributed by atoms with Crippen LogP contribution in [0.2, 0.25) is 0 Å². The van der Waals surface area contributed by atoms with Crippen LogP contribution in [0.1, 0.15) is 12.7 Å². The molecule has 0 spiro atoms. The minimum Gasteiger partial charge on any atom is -0.310 e. The summed E-state index contributed by atoms with van der Waals surface area (Å²) in [7, 11) is 0. The Labute approximate surface area is 112 Å². The fraction of sp³-hybridized carbons (Fsp3) is 0.273. The highest BCUT2D eigenvalue weighted by molar-refractivity contribution is 9.10. The minimum atomic E-state index is -0.331. The molecule has 1 aromatic carbocycles. The molecule has 0 fully saturated rings. The van der Waals surface area contributed by atoms with E-state index in [1.807, 2.05) is 6.92 Å². The molecular formula is C11H10BrClFN3. The van der Waals surface area contributed by atoms with Crippen molar-refractivity contribution in [3.05, 3.63) is 34.3 Å². The van der Waals surface area contributed by atoms with E-state index < -0.39 is 0 Å². The molecule has 0 unspecified atom stereocenters. The highest BCUT2D eigenvalue weighted by Crippen LogP contribution is 2.25. The van der Waals surface area contributed by atoms with Crippen LogP contribution in [0, 0.1) is 5.82 Å². The molecule has 1 heterocycles. The second kappa shape index (κ2) is 5.14. The zero-order chi connectivity index (χ0) is 12.4. The Hall–Kier alpha value is -0.940. The Kier molecular flexibility index (Phi) is 3.79. The highest BCUT2D eigenvalue weighted by atomic mass is 79.9. The van der Waals surface area contributed by atoms with Gasteiger partial charge in [0.05, 0.1) is 11.4 Å². The Morgan fingerprint density at radius 1 is 1.41 bits per heavy atom. The molecule has 3 nitrogen and oxygen atoms in total. The van der Waals surface area contributed by atoms with Gasteiger partial charge in [-0.25, -0.2) is 4.39 Å². The summed E-state index contributed by atoms with van der Waals surface area (Å²) in [4.78, 5) is 0. The maximum Gasteiger partial charge on any atom is 0.166 e. The van der Waals surface area contributed by atoms with Gasteiger partial charge < -0.3 is 4.57 Å². The summed E-state index contributed by atoms with van der Waals surface area (Å²) in [5.74, 6) is 1.08. The third-order valence-corrected chi connectivity index (χ3v) is 3.17. The first-order chi connectivity index (χ1) is 8.17. The van der Waals surface area contributed by atoms with E-state index in [9.17, 15) is 4.39 Å². The molecule has 0 aliphatic rings. The highest BCUT2D eigenvalue weighted by Gasteiger charge is 2.15. The van der Waals surface area contributed by atoms with Crippen molar-refractivity contribution in [2.24, 2.45) is 0 Å². The SMILES string of the molecule is CCn1c(CCl)nnc1-c1ccc(Br)cc1F. The quantitative estimate of drug-likeness (QED) is 0.810. The van der Waals surface area contributed by atoms with Crippen molar-refractivity contribution in [2.75, 3.05) is 0 Å². The van der Waals surface area contributed by atoms with Crippen LogP contribution < -0.4 is 0 Å². The minimum absolute atomic E-state index is 0.263. The van der Waals surface area contributed by atoms with Crippen LogP contribution in [0.5, 0.6) is 0 Å². The van der Waals surface area contributed by atoms with Gasteiger partial charge in [0.25, 0.3) is 0 Å². The summed E-state index contributed by atoms with van der Waals surface area (Å²) >= 11 is 8.97. The second-order valence-electron chi connectivity index (χ2n) is 3.44. The molecule has 90 valence electrons. The lowest BCUT2D eigenvalue weighted by atomic mass is 10.2. The lowest BCUT2D eigenvalue weighted by Crippen LogP contribution is -2.02. The molecule has 0 amide bonds. The van der Waals surface area contributed by atoms with Gasteiger partial charge in [-0.3, -0.25) is 0 Å². The molecule has 17 heavy (non-hydrogen) atoms. The fourth-order valence-electron chi connectivity index (χ4n) is 1.64. The maximum atomic E-state index is 13.8. The lowest BCUT2D eigenvalue weighted by molar-refractivity contribution is 0.625. The van der Waals surface area contributed by atoms with Crippen LogP contribution in [-0.2, 0) is 12.4 Å². The number of hydrogen-bond acceptors (Lipinski definition) is 2. The molecule has 6 heteroatoms. The first kappa shape index (κ1) is 12.5. The molecule has 1 aromatic heterocycles. The summed E-state index contributed by atoms with van der Waals surface area (Å²) < 4.78 is 16.3. The van der Waals surface area contributed by atoms with Crippen molar-refractivity contribution in [2.45, 2.75) is 19.3 Å². The number of aromatic nitrogens is 3. The predicted octanol–water partition coefficient (Wildman–Crippen LogP) is 3.61. The van der Waals surface area contributed by atoms with Crippen molar-refractivity contribution in [1.82, 2.24) is 14.8 Å². The van der Waals surface area contributed by atoms with E-state index in [0.29, 0.717) is 28.2 Å². The van der Waals surface area contributed by atoms with E-state index in [0.717, 1.165) is 0 Å². The van der Waals surface area contributed by atoms with Crippen molar-refractivity contribution in [3.8, 4) is 11.4 Å². The number of benzene rings is 1. The molecule has 0 radical (unpaired) electrons. The van der Waals surface area contributed by atoms with Crippen molar-refractivity contribution in [1.29, 1.82) is 0 Å². The van der Waals surface area contributed by atoms with E-state index in [4.69, 9.17) is 11.6 Å². The summed E-state index contributed by atoms with van der Waals surface area (Å²) in [5, 5.41) is 7.94. The van der Waals surface area contributed by atoms with Gasteiger partial charge in [0, 0.05) is 11.0 Å². The van der Waals surface area contributed by atoms with Crippen molar-refractivity contribution in [3.63, 3.8) is 0 Å². The maximum absolute atomic E-state index is 13.8.